The lowest BCUT2D eigenvalue weighted by atomic mass is 10.3. The highest BCUT2D eigenvalue weighted by molar-refractivity contribution is 9.12. The van der Waals surface area contributed by atoms with E-state index in [1.54, 1.807) is 0 Å². The van der Waals surface area contributed by atoms with Crippen molar-refractivity contribution in [3.63, 3.8) is 0 Å². The van der Waals surface area contributed by atoms with Gasteiger partial charge in [-0.2, -0.15) is 0 Å². The molecule has 0 aliphatic heterocycles. The van der Waals surface area contributed by atoms with Crippen molar-refractivity contribution in [2.45, 2.75) is 18.6 Å². The van der Waals surface area contributed by atoms with E-state index in [-0.39, 0.29) is 5.25 Å². The molecule has 1 atom stereocenters. The van der Waals surface area contributed by atoms with Crippen LogP contribution in [-0.4, -0.2) is 5.25 Å². The van der Waals surface area contributed by atoms with Crippen molar-refractivity contribution < 1.29 is 0 Å². The molecule has 0 aromatic heterocycles. The van der Waals surface area contributed by atoms with Crippen LogP contribution in [-0.2, 0) is 0 Å². The summed E-state index contributed by atoms with van der Waals surface area (Å²) in [5.74, 6) is 2.81. The second kappa shape index (κ2) is 4.55. The highest BCUT2D eigenvalue weighted by atomic mass is 79.9. The molecule has 0 nitrogen and oxygen atoms in total. The normalized spacial score (nSPS) is 11.9. The highest BCUT2D eigenvalue weighted by Crippen LogP contribution is 1.95. The number of hydrogen-bond acceptors (Lipinski definition) is 0. The van der Waals surface area contributed by atoms with Crippen molar-refractivity contribution in [2.24, 2.45) is 0 Å². The maximum absolute atomic E-state index is 4.82. The molecule has 0 heterocycles. The molecule has 0 saturated carbocycles. The maximum Gasteiger partial charge on any atom is 0.0233 e. The Balaban J connectivity index is 3.08. The summed E-state index contributed by atoms with van der Waals surface area (Å²) < 4.78 is 0. The molecule has 0 rings (SSSR count). The zero-order valence-electron chi connectivity index (χ0n) is 4.07. The van der Waals surface area contributed by atoms with E-state index in [2.05, 4.69) is 26.7 Å². The molecule has 0 aliphatic carbocycles. The molecule has 0 bridgehead atoms. The first kappa shape index (κ1) is 7.39. The molecule has 0 spiro atoms. The molecule has 0 aromatic carbocycles. The van der Waals surface area contributed by atoms with Crippen LogP contribution in [0.1, 0.15) is 13.3 Å². The van der Waals surface area contributed by atoms with Gasteiger partial charge >= 0.3 is 0 Å². The molecule has 0 amide bonds. The van der Waals surface area contributed by atoms with Crippen molar-refractivity contribution in [2.75, 3.05) is 0 Å². The first-order chi connectivity index (χ1) is 3.27. The minimum atomic E-state index is 0.282. The van der Waals surface area contributed by atoms with Crippen molar-refractivity contribution in [3.05, 3.63) is 0 Å². The van der Waals surface area contributed by atoms with Gasteiger partial charge in [-0.15, -0.1) is 0 Å². The van der Waals surface area contributed by atoms with Gasteiger partial charge in [0, 0.05) is 27.6 Å². The average Bonchev–Trinajstić information content (AvgIpc) is 1.61. The predicted molar refractivity (Wildman–Crippen MR) is 38.4 cm³/mol. The quantitative estimate of drug-likeness (QED) is 0.540. The van der Waals surface area contributed by atoms with Gasteiger partial charge in [0.05, 0.1) is 0 Å². The summed E-state index contributed by atoms with van der Waals surface area (Å²) in [4.78, 5) is 2.59. The lowest BCUT2D eigenvalue weighted by molar-refractivity contribution is 1.02. The van der Waals surface area contributed by atoms with Crippen LogP contribution in [0.5, 0.6) is 0 Å². The molecule has 0 aliphatic rings. The third-order valence-electron chi connectivity index (χ3n) is 0.456. The van der Waals surface area contributed by atoms with Gasteiger partial charge in [-0.25, -0.2) is 0 Å². The Kier molecular flexibility index (Phi) is 4.80. The SMILES string of the molecule is CC([S])CC#CBr. The minimum Gasteiger partial charge on any atom is -0.0897 e. The Hall–Kier alpha value is 0.390. The minimum absolute atomic E-state index is 0.282. The Morgan fingerprint density at radius 3 is 2.57 bits per heavy atom. The Morgan fingerprint density at radius 1 is 1.86 bits per heavy atom. The Morgan fingerprint density at radius 2 is 2.43 bits per heavy atom. The second-order valence-electron chi connectivity index (χ2n) is 1.29. The third kappa shape index (κ3) is 6.39. The van der Waals surface area contributed by atoms with E-state index in [0.717, 1.165) is 6.42 Å². The van der Waals surface area contributed by atoms with Gasteiger partial charge in [-0.05, 0) is 4.83 Å². The van der Waals surface area contributed by atoms with E-state index in [1.807, 2.05) is 6.92 Å². The number of halogens is 1. The van der Waals surface area contributed by atoms with Gasteiger partial charge in [-0.1, -0.05) is 25.5 Å². The predicted octanol–water partition coefficient (Wildman–Crippen LogP) is 2.32. The fraction of sp³-hybridized carbons (Fsp3) is 0.600. The number of rotatable bonds is 1. The molecule has 7 heavy (non-hydrogen) atoms. The van der Waals surface area contributed by atoms with Gasteiger partial charge in [0.25, 0.3) is 0 Å². The molecule has 0 N–H and O–H groups in total. The van der Waals surface area contributed by atoms with Crippen LogP contribution in [0.2, 0.25) is 0 Å². The van der Waals surface area contributed by atoms with Crippen LogP contribution in [0.15, 0.2) is 0 Å². The first-order valence-corrected chi connectivity index (χ1v) is 3.28. The van der Waals surface area contributed by atoms with Crippen LogP contribution in [0.4, 0.5) is 0 Å². The maximum atomic E-state index is 4.82. The topological polar surface area (TPSA) is 0 Å². The van der Waals surface area contributed by atoms with E-state index in [0.29, 0.717) is 0 Å². The zero-order chi connectivity index (χ0) is 5.70. The summed E-state index contributed by atoms with van der Waals surface area (Å²) >= 11 is 7.79. The van der Waals surface area contributed by atoms with E-state index in [4.69, 9.17) is 12.6 Å². The molecule has 2 heteroatoms. The summed E-state index contributed by atoms with van der Waals surface area (Å²) in [6, 6.07) is 0. The zero-order valence-corrected chi connectivity index (χ0v) is 6.47. The van der Waals surface area contributed by atoms with Crippen LogP contribution in [0, 0.1) is 10.8 Å². The molecular weight excluding hydrogens is 172 g/mol. The van der Waals surface area contributed by atoms with Crippen molar-refractivity contribution >= 4 is 28.6 Å². The second-order valence-corrected chi connectivity index (χ2v) is 2.49. The van der Waals surface area contributed by atoms with E-state index in [1.165, 1.54) is 0 Å². The third-order valence-corrected chi connectivity index (χ3v) is 0.903. The fourth-order valence-corrected chi connectivity index (χ4v) is 0.428. The molecule has 0 aromatic rings. The van der Waals surface area contributed by atoms with E-state index < -0.39 is 0 Å². The van der Waals surface area contributed by atoms with Crippen molar-refractivity contribution in [1.82, 2.24) is 0 Å². The summed E-state index contributed by atoms with van der Waals surface area (Å²) in [5, 5.41) is 0.282. The lowest BCUT2D eigenvalue weighted by Crippen LogP contribution is -1.84. The Bertz CT molecular complexity index is 88.0. The molecule has 0 fully saturated rings. The van der Waals surface area contributed by atoms with E-state index >= 15 is 0 Å². The number of hydrogen-bond donors (Lipinski definition) is 0. The smallest absolute Gasteiger partial charge is 0.0233 e. The largest absolute Gasteiger partial charge is 0.0897 e. The lowest BCUT2D eigenvalue weighted by Gasteiger charge is -1.88. The fourth-order valence-electron chi connectivity index (χ4n) is 0.182. The van der Waals surface area contributed by atoms with E-state index in [9.17, 15) is 0 Å². The van der Waals surface area contributed by atoms with Gasteiger partial charge in [-0.3, -0.25) is 0 Å². The monoisotopic (exact) mass is 177 g/mol. The van der Waals surface area contributed by atoms with Crippen LogP contribution < -0.4 is 0 Å². The van der Waals surface area contributed by atoms with Crippen LogP contribution in [0.3, 0.4) is 0 Å². The molecule has 39 valence electrons. The standard InChI is InChI=1S/C5H6BrS/c1-5(7)3-2-4-6/h5H,3H2,1H3. The molecule has 1 radical (unpaired) electrons. The summed E-state index contributed by atoms with van der Waals surface area (Å²) in [5.41, 5.74) is 0. The summed E-state index contributed by atoms with van der Waals surface area (Å²) in [6.07, 6.45) is 0.806. The summed E-state index contributed by atoms with van der Waals surface area (Å²) in [7, 11) is 0. The average molecular weight is 178 g/mol. The molecule has 1 unspecified atom stereocenters. The van der Waals surface area contributed by atoms with Crippen molar-refractivity contribution in [1.29, 1.82) is 0 Å². The van der Waals surface area contributed by atoms with Gasteiger partial charge < -0.3 is 0 Å². The van der Waals surface area contributed by atoms with Crippen molar-refractivity contribution in [3.8, 4) is 10.8 Å². The van der Waals surface area contributed by atoms with Gasteiger partial charge in [0.1, 0.15) is 0 Å². The molecular formula is C5H6BrS. The Labute approximate surface area is 58.2 Å². The highest BCUT2D eigenvalue weighted by Gasteiger charge is 1.86. The van der Waals surface area contributed by atoms with Crippen LogP contribution in [0.25, 0.3) is 0 Å². The molecule has 0 saturated heterocycles. The van der Waals surface area contributed by atoms with Gasteiger partial charge in [0.2, 0.25) is 0 Å². The van der Waals surface area contributed by atoms with Crippen LogP contribution >= 0.6 is 28.6 Å². The summed E-state index contributed by atoms with van der Waals surface area (Å²) in [6.45, 7) is 1.96. The first-order valence-electron chi connectivity index (χ1n) is 2.01. The van der Waals surface area contributed by atoms with Gasteiger partial charge in [0.15, 0.2) is 0 Å².